The quantitative estimate of drug-likeness (QED) is 0.274. The number of rotatable bonds is 4. The highest BCUT2D eigenvalue weighted by molar-refractivity contribution is 9.93. The first-order valence-corrected chi connectivity index (χ1v) is 12.0. The maximum Gasteiger partial charge on any atom is 0.345 e. The Labute approximate surface area is 198 Å². The summed E-state index contributed by atoms with van der Waals surface area (Å²) in [7, 11) is 2.21. The molecule has 0 saturated heterocycles. The fraction of sp³-hybridized carbons (Fsp3) is 0.125. The van der Waals surface area contributed by atoms with Crippen LogP contribution < -0.4 is 0 Å². The van der Waals surface area contributed by atoms with Crippen LogP contribution in [0.25, 0.3) is 0 Å². The van der Waals surface area contributed by atoms with E-state index in [1.54, 1.807) is 0 Å². The Bertz CT molecular complexity index is 984. The number of carbonyl (C=O) groups excluding carboxylic acids is 2. The summed E-state index contributed by atoms with van der Waals surface area (Å²) in [6.45, 7) is 0. The summed E-state index contributed by atoms with van der Waals surface area (Å²) in [5.41, 5.74) is -1.86. The van der Waals surface area contributed by atoms with Gasteiger partial charge in [-0.2, -0.15) is 0 Å². The number of ether oxygens (including phenoxy) is 2. The molecule has 0 fully saturated rings. The van der Waals surface area contributed by atoms with Crippen molar-refractivity contribution >= 4 is 67.5 Å². The number of halogens is 3. The number of para-hydroxylation sites is 1. The van der Waals surface area contributed by atoms with Gasteiger partial charge in [0.05, 0.1) is 28.5 Å². The molecule has 0 unspecified atom stereocenters. The van der Waals surface area contributed by atoms with E-state index >= 15 is 0 Å². The Hall–Kier alpha value is -2.78. The van der Waals surface area contributed by atoms with Crippen LogP contribution in [0.3, 0.4) is 0 Å². The Kier molecular flexibility index (Phi) is 12.3. The molecule has 2 aromatic carbocycles. The SMILES string of the molecule is BrBr.COC(=O)c1ccc(Br)c(O)c1[N+](=O)[O-].COC(=O)c1cccc(O)c1[N+](=O)[O-]. The van der Waals surface area contributed by atoms with Crippen LogP contribution in [0.15, 0.2) is 34.8 Å². The van der Waals surface area contributed by atoms with Crippen molar-refractivity contribution in [2.75, 3.05) is 14.2 Å². The van der Waals surface area contributed by atoms with Gasteiger partial charge in [0.1, 0.15) is 11.1 Å². The second-order valence-electron chi connectivity index (χ2n) is 4.96. The fourth-order valence-corrected chi connectivity index (χ4v) is 2.33. The van der Waals surface area contributed by atoms with E-state index in [0.717, 1.165) is 20.3 Å². The number of carbonyl (C=O) groups is 2. The van der Waals surface area contributed by atoms with E-state index in [-0.39, 0.29) is 15.6 Å². The molecule has 2 aromatic rings. The average molecular weight is 633 g/mol. The van der Waals surface area contributed by atoms with Gasteiger partial charge in [-0.05, 0) is 40.2 Å². The van der Waals surface area contributed by atoms with Gasteiger partial charge < -0.3 is 19.7 Å². The normalized spacial score (nSPS) is 9.19. The Morgan fingerprint density at radius 1 is 0.871 bits per heavy atom. The molecule has 168 valence electrons. The first-order valence-electron chi connectivity index (χ1n) is 7.49. The van der Waals surface area contributed by atoms with Crippen molar-refractivity contribution in [3.05, 3.63) is 66.2 Å². The lowest BCUT2D eigenvalue weighted by atomic mass is 10.1. The number of benzene rings is 2. The smallest absolute Gasteiger partial charge is 0.345 e. The monoisotopic (exact) mass is 630 g/mol. The third kappa shape index (κ3) is 7.45. The number of hydrogen-bond acceptors (Lipinski definition) is 10. The number of aromatic hydroxyl groups is 2. The minimum absolute atomic E-state index is 0.141. The molecule has 0 amide bonds. The maximum atomic E-state index is 11.1. The summed E-state index contributed by atoms with van der Waals surface area (Å²) in [6.07, 6.45) is 0. The molecular weight excluding hydrogens is 620 g/mol. The molecule has 0 bridgehead atoms. The van der Waals surface area contributed by atoms with Gasteiger partial charge in [-0.1, -0.05) is 6.07 Å². The maximum absolute atomic E-state index is 11.1. The molecule has 15 heteroatoms. The molecule has 0 saturated carbocycles. The molecule has 0 aliphatic rings. The standard InChI is InChI=1S/C8H6BrNO5.C8H7NO5.Br2/c1-15-8(12)4-2-3-5(9)7(11)6(4)10(13)14;1-14-8(11)5-3-2-4-6(10)7(5)9(12)13;1-2/h2-3,11H,1H3;2-4,10H,1H3;. The molecule has 0 aliphatic carbocycles. The van der Waals surface area contributed by atoms with Gasteiger partial charge in [0.25, 0.3) is 0 Å². The first-order chi connectivity index (χ1) is 14.6. The van der Waals surface area contributed by atoms with E-state index in [1.807, 2.05) is 0 Å². The Morgan fingerprint density at radius 2 is 1.32 bits per heavy atom. The lowest BCUT2D eigenvalue weighted by Gasteiger charge is -2.03. The number of esters is 2. The van der Waals surface area contributed by atoms with Crippen LogP contribution >= 0.6 is 44.2 Å². The second-order valence-corrected chi connectivity index (χ2v) is 5.82. The lowest BCUT2D eigenvalue weighted by Crippen LogP contribution is -2.05. The van der Waals surface area contributed by atoms with Gasteiger partial charge >= 0.3 is 23.3 Å². The van der Waals surface area contributed by atoms with Crippen molar-refractivity contribution in [3.63, 3.8) is 0 Å². The van der Waals surface area contributed by atoms with Crippen LogP contribution in [-0.4, -0.2) is 46.2 Å². The average Bonchev–Trinajstić information content (AvgIpc) is 2.75. The predicted molar refractivity (Wildman–Crippen MR) is 118 cm³/mol. The third-order valence-corrected chi connectivity index (χ3v) is 3.93. The highest BCUT2D eigenvalue weighted by Gasteiger charge is 2.27. The van der Waals surface area contributed by atoms with Gasteiger partial charge in [-0.15, -0.1) is 0 Å². The summed E-state index contributed by atoms with van der Waals surface area (Å²) in [4.78, 5) is 41.7. The van der Waals surface area contributed by atoms with Crippen molar-refractivity contribution in [3.8, 4) is 11.5 Å². The van der Waals surface area contributed by atoms with Gasteiger partial charge in [0.2, 0.25) is 5.75 Å². The summed E-state index contributed by atoms with van der Waals surface area (Å²) in [6, 6.07) is 6.20. The number of nitro benzene ring substituents is 2. The lowest BCUT2D eigenvalue weighted by molar-refractivity contribution is -0.386. The summed E-state index contributed by atoms with van der Waals surface area (Å²) >= 11 is 8.41. The molecular formula is C16H13Br3N2O10. The number of phenolic OH excluding ortho intramolecular Hbond substituents is 2. The predicted octanol–water partition coefficient (Wildman–Crippen LogP) is 4.63. The van der Waals surface area contributed by atoms with Crippen molar-refractivity contribution in [1.29, 1.82) is 0 Å². The zero-order valence-electron chi connectivity index (χ0n) is 15.6. The molecule has 0 atom stereocenters. The topological polar surface area (TPSA) is 179 Å². The summed E-state index contributed by atoms with van der Waals surface area (Å²) in [5, 5.41) is 39.7. The van der Waals surface area contributed by atoms with Crippen LogP contribution in [0.5, 0.6) is 11.5 Å². The minimum atomic E-state index is -0.871. The van der Waals surface area contributed by atoms with Gasteiger partial charge in [-0.3, -0.25) is 20.2 Å². The van der Waals surface area contributed by atoms with Gasteiger partial charge in [-0.25, -0.2) is 9.59 Å². The molecule has 2 N–H and O–H groups in total. The van der Waals surface area contributed by atoms with Crippen molar-refractivity contribution in [2.45, 2.75) is 0 Å². The molecule has 31 heavy (non-hydrogen) atoms. The van der Waals surface area contributed by atoms with E-state index in [9.17, 15) is 34.9 Å². The number of hydrogen-bond donors (Lipinski definition) is 2. The van der Waals surface area contributed by atoms with Crippen LogP contribution in [0.2, 0.25) is 0 Å². The van der Waals surface area contributed by atoms with Crippen LogP contribution in [-0.2, 0) is 9.47 Å². The van der Waals surface area contributed by atoms with E-state index in [4.69, 9.17) is 5.11 Å². The van der Waals surface area contributed by atoms with Crippen molar-refractivity contribution < 1.29 is 39.1 Å². The molecule has 0 heterocycles. The van der Waals surface area contributed by atoms with Crippen LogP contribution in [0.1, 0.15) is 20.7 Å². The van der Waals surface area contributed by atoms with E-state index in [1.165, 1.54) is 24.3 Å². The number of nitrogens with zero attached hydrogens (tertiary/aromatic N) is 2. The van der Waals surface area contributed by atoms with Crippen molar-refractivity contribution in [2.24, 2.45) is 0 Å². The zero-order valence-corrected chi connectivity index (χ0v) is 20.3. The number of methoxy groups -OCH3 is 2. The highest BCUT2D eigenvalue weighted by Crippen LogP contribution is 2.36. The third-order valence-electron chi connectivity index (χ3n) is 3.29. The second kappa shape index (κ2) is 13.5. The zero-order chi connectivity index (χ0) is 24.3. The highest BCUT2D eigenvalue weighted by atomic mass is 80.9. The molecule has 0 aliphatic heterocycles. The van der Waals surface area contributed by atoms with Gasteiger partial charge in [0, 0.05) is 28.3 Å². The van der Waals surface area contributed by atoms with Gasteiger partial charge in [0.15, 0.2) is 5.75 Å². The molecule has 12 nitrogen and oxygen atoms in total. The van der Waals surface area contributed by atoms with Crippen LogP contribution in [0.4, 0.5) is 11.4 Å². The molecule has 0 radical (unpaired) electrons. The summed E-state index contributed by atoms with van der Waals surface area (Å²) in [5.74, 6) is -2.88. The first kappa shape index (κ1) is 28.2. The Morgan fingerprint density at radius 3 is 1.74 bits per heavy atom. The summed E-state index contributed by atoms with van der Waals surface area (Å²) < 4.78 is 8.82. The van der Waals surface area contributed by atoms with E-state index in [2.05, 4.69) is 53.7 Å². The van der Waals surface area contributed by atoms with Crippen molar-refractivity contribution in [1.82, 2.24) is 0 Å². The minimum Gasteiger partial charge on any atom is -0.502 e. The van der Waals surface area contributed by atoms with Crippen LogP contribution in [0, 0.1) is 20.2 Å². The number of nitro groups is 2. The largest absolute Gasteiger partial charge is 0.502 e. The molecule has 2 rings (SSSR count). The molecule has 0 spiro atoms. The molecule has 0 aromatic heterocycles. The van der Waals surface area contributed by atoms with E-state index in [0.29, 0.717) is 0 Å². The Balaban J connectivity index is 0.000000539. The fourth-order valence-electron chi connectivity index (χ4n) is 2.01. The number of phenols is 2. The van der Waals surface area contributed by atoms with E-state index < -0.39 is 44.7 Å².